The van der Waals surface area contributed by atoms with Crippen LogP contribution < -0.4 is 4.90 Å². The van der Waals surface area contributed by atoms with Gasteiger partial charge in [-0.15, -0.1) is 0 Å². The minimum atomic E-state index is 1.08. The molecule has 11 aromatic carbocycles. The quantitative estimate of drug-likeness (QED) is 0.139. The van der Waals surface area contributed by atoms with Crippen molar-refractivity contribution in [3.8, 4) is 55.6 Å². The summed E-state index contributed by atoms with van der Waals surface area (Å²) in [5, 5.41) is 7.37. The highest BCUT2D eigenvalue weighted by molar-refractivity contribution is 6.16. The molecule has 0 saturated carbocycles. The van der Waals surface area contributed by atoms with E-state index in [1.54, 1.807) is 0 Å². The maximum absolute atomic E-state index is 2.49. The summed E-state index contributed by atoms with van der Waals surface area (Å²) in [5.41, 5.74) is 15.1. The Morgan fingerprint density at radius 2 is 0.738 bits per heavy atom. The number of anilines is 3. The second kappa shape index (κ2) is 15.6. The van der Waals surface area contributed by atoms with E-state index in [-0.39, 0.29) is 0 Å². The Labute approximate surface area is 357 Å². The molecule has 0 aromatic heterocycles. The SMILES string of the molecule is c1ccc(-c2ccc(N(c3cc(-c4ccccc4)c(-c4cccc5ccc6ccccc6c45)cc3-c3ccccc3)c3ccc(-c4ccccc4)c4ccccc34)cc2)cc1. The zero-order chi connectivity index (χ0) is 40.5. The van der Waals surface area contributed by atoms with Gasteiger partial charge in [-0.1, -0.05) is 218 Å². The minimum Gasteiger partial charge on any atom is -0.309 e. The Morgan fingerprint density at radius 3 is 1.41 bits per heavy atom. The van der Waals surface area contributed by atoms with Gasteiger partial charge in [0, 0.05) is 16.6 Å². The fourth-order valence-electron chi connectivity index (χ4n) is 9.17. The summed E-state index contributed by atoms with van der Waals surface area (Å²) in [6, 6.07) is 90.7. The summed E-state index contributed by atoms with van der Waals surface area (Å²) in [4.78, 5) is 2.49. The van der Waals surface area contributed by atoms with Gasteiger partial charge in [-0.25, -0.2) is 0 Å². The van der Waals surface area contributed by atoms with Crippen LogP contribution in [-0.4, -0.2) is 0 Å². The third-order valence-electron chi connectivity index (χ3n) is 12.1. The molecule has 11 aromatic rings. The van der Waals surface area contributed by atoms with E-state index in [0.717, 1.165) is 28.2 Å². The van der Waals surface area contributed by atoms with Gasteiger partial charge in [-0.2, -0.15) is 0 Å². The average molecular weight is 776 g/mol. The van der Waals surface area contributed by atoms with Crippen LogP contribution in [0, 0.1) is 0 Å². The van der Waals surface area contributed by atoms with Crippen molar-refractivity contribution >= 4 is 49.4 Å². The van der Waals surface area contributed by atoms with E-state index in [1.807, 2.05) is 0 Å². The maximum Gasteiger partial charge on any atom is 0.0546 e. The second-order valence-electron chi connectivity index (χ2n) is 15.6. The first-order valence-electron chi connectivity index (χ1n) is 21.0. The highest BCUT2D eigenvalue weighted by atomic mass is 15.1. The largest absolute Gasteiger partial charge is 0.309 e. The lowest BCUT2D eigenvalue weighted by molar-refractivity contribution is 1.30. The molecule has 0 saturated heterocycles. The lowest BCUT2D eigenvalue weighted by Crippen LogP contribution is -2.12. The first-order chi connectivity index (χ1) is 30.3. The zero-order valence-electron chi connectivity index (χ0n) is 33.6. The van der Waals surface area contributed by atoms with Gasteiger partial charge in [0.15, 0.2) is 0 Å². The van der Waals surface area contributed by atoms with Gasteiger partial charge in [0.25, 0.3) is 0 Å². The standard InChI is InChI=1S/C60H41N/c1-5-18-42(19-6-1)43-34-36-49(37-35-43)61(58-39-38-50(44-20-7-2-8-21-44)52-29-15-16-30-53(52)58)59-41-55(45-22-9-3-10-23-45)57(40-56(59)46-24-11-4-12-25-46)54-31-17-27-48-33-32-47-26-13-14-28-51(47)60(48)54/h1-41H. The molecule has 61 heavy (non-hydrogen) atoms. The molecule has 0 spiro atoms. The number of nitrogens with zero attached hydrogens (tertiary/aromatic N) is 1. The van der Waals surface area contributed by atoms with Crippen LogP contribution in [0.2, 0.25) is 0 Å². The summed E-state index contributed by atoms with van der Waals surface area (Å²) in [7, 11) is 0. The summed E-state index contributed by atoms with van der Waals surface area (Å²) < 4.78 is 0. The Morgan fingerprint density at radius 1 is 0.230 bits per heavy atom. The minimum absolute atomic E-state index is 1.08. The lowest BCUT2D eigenvalue weighted by atomic mass is 9.86. The Hall–Kier alpha value is -8.00. The molecular weight excluding hydrogens is 735 g/mol. The van der Waals surface area contributed by atoms with E-state index in [1.165, 1.54) is 76.8 Å². The van der Waals surface area contributed by atoms with Crippen LogP contribution in [0.3, 0.4) is 0 Å². The average Bonchev–Trinajstić information content (AvgIpc) is 3.35. The fourth-order valence-corrected chi connectivity index (χ4v) is 9.17. The molecule has 0 atom stereocenters. The third-order valence-corrected chi connectivity index (χ3v) is 12.1. The zero-order valence-corrected chi connectivity index (χ0v) is 33.6. The van der Waals surface area contributed by atoms with Gasteiger partial charge in [0.1, 0.15) is 0 Å². The molecule has 0 fully saturated rings. The molecule has 0 N–H and O–H groups in total. The number of rotatable bonds is 8. The van der Waals surface area contributed by atoms with Crippen molar-refractivity contribution in [2.24, 2.45) is 0 Å². The van der Waals surface area contributed by atoms with E-state index in [2.05, 4.69) is 254 Å². The molecule has 0 bridgehead atoms. The van der Waals surface area contributed by atoms with E-state index in [0.29, 0.717) is 0 Å². The summed E-state index contributed by atoms with van der Waals surface area (Å²) >= 11 is 0. The Balaban J connectivity index is 1.24. The van der Waals surface area contributed by atoms with Crippen molar-refractivity contribution in [1.82, 2.24) is 0 Å². The monoisotopic (exact) mass is 775 g/mol. The fraction of sp³-hybridized carbons (Fsp3) is 0. The molecule has 0 aliphatic carbocycles. The topological polar surface area (TPSA) is 3.24 Å². The van der Waals surface area contributed by atoms with Crippen LogP contribution in [-0.2, 0) is 0 Å². The highest BCUT2D eigenvalue weighted by Crippen LogP contribution is 2.50. The second-order valence-corrected chi connectivity index (χ2v) is 15.6. The van der Waals surface area contributed by atoms with E-state index in [4.69, 9.17) is 0 Å². The van der Waals surface area contributed by atoms with Gasteiger partial charge in [-0.3, -0.25) is 0 Å². The van der Waals surface area contributed by atoms with Crippen LogP contribution in [0.5, 0.6) is 0 Å². The van der Waals surface area contributed by atoms with Crippen molar-refractivity contribution in [2.45, 2.75) is 0 Å². The third kappa shape index (κ3) is 6.63. The van der Waals surface area contributed by atoms with Crippen LogP contribution in [0.1, 0.15) is 0 Å². The number of fused-ring (bicyclic) bond motifs is 4. The Bertz CT molecular complexity index is 3320. The molecule has 0 heterocycles. The molecule has 1 nitrogen and oxygen atoms in total. The van der Waals surface area contributed by atoms with Crippen molar-refractivity contribution in [2.75, 3.05) is 4.90 Å². The van der Waals surface area contributed by atoms with Crippen LogP contribution in [0.4, 0.5) is 17.1 Å². The van der Waals surface area contributed by atoms with Crippen molar-refractivity contribution in [3.63, 3.8) is 0 Å². The van der Waals surface area contributed by atoms with Gasteiger partial charge in [0.05, 0.1) is 11.4 Å². The number of benzene rings is 11. The summed E-state index contributed by atoms with van der Waals surface area (Å²) in [5.74, 6) is 0. The molecule has 0 radical (unpaired) electrons. The van der Waals surface area contributed by atoms with E-state index < -0.39 is 0 Å². The van der Waals surface area contributed by atoms with Gasteiger partial charge >= 0.3 is 0 Å². The summed E-state index contributed by atoms with van der Waals surface area (Å²) in [6.45, 7) is 0. The van der Waals surface area contributed by atoms with Crippen LogP contribution >= 0.6 is 0 Å². The summed E-state index contributed by atoms with van der Waals surface area (Å²) in [6.07, 6.45) is 0. The normalized spacial score (nSPS) is 11.3. The predicted octanol–water partition coefficient (Wildman–Crippen LogP) is 17.0. The smallest absolute Gasteiger partial charge is 0.0546 e. The van der Waals surface area contributed by atoms with Crippen LogP contribution in [0.25, 0.3) is 88.0 Å². The van der Waals surface area contributed by atoms with Crippen LogP contribution in [0.15, 0.2) is 249 Å². The molecule has 11 rings (SSSR count). The van der Waals surface area contributed by atoms with Crippen molar-refractivity contribution in [1.29, 1.82) is 0 Å². The van der Waals surface area contributed by atoms with E-state index >= 15 is 0 Å². The molecular formula is C60H41N. The maximum atomic E-state index is 2.49. The molecule has 286 valence electrons. The predicted molar refractivity (Wildman–Crippen MR) is 261 cm³/mol. The number of hydrogen-bond acceptors (Lipinski definition) is 1. The number of hydrogen-bond donors (Lipinski definition) is 0. The highest BCUT2D eigenvalue weighted by Gasteiger charge is 2.24. The molecule has 1 heteroatoms. The molecule has 0 unspecified atom stereocenters. The first kappa shape index (κ1) is 36.1. The molecule has 0 aliphatic rings. The molecule has 0 amide bonds. The van der Waals surface area contributed by atoms with E-state index in [9.17, 15) is 0 Å². The Kier molecular flexibility index (Phi) is 9.26. The molecule has 0 aliphatic heterocycles. The van der Waals surface area contributed by atoms with Gasteiger partial charge in [-0.05, 0) is 107 Å². The van der Waals surface area contributed by atoms with Crippen molar-refractivity contribution in [3.05, 3.63) is 249 Å². The lowest BCUT2D eigenvalue weighted by Gasteiger charge is -2.31. The van der Waals surface area contributed by atoms with Gasteiger partial charge in [0.2, 0.25) is 0 Å². The first-order valence-corrected chi connectivity index (χ1v) is 21.0. The van der Waals surface area contributed by atoms with Gasteiger partial charge < -0.3 is 4.90 Å². The van der Waals surface area contributed by atoms with Crippen molar-refractivity contribution < 1.29 is 0 Å².